The fourth-order valence-electron chi connectivity index (χ4n) is 2.76. The van der Waals surface area contributed by atoms with E-state index in [4.69, 9.17) is 5.26 Å². The Morgan fingerprint density at radius 1 is 1.17 bits per heavy atom. The van der Waals surface area contributed by atoms with E-state index in [1.807, 2.05) is 25.1 Å². The van der Waals surface area contributed by atoms with Crippen LogP contribution < -0.4 is 10.6 Å². The van der Waals surface area contributed by atoms with Crippen LogP contribution in [0, 0.1) is 21.4 Å². The van der Waals surface area contributed by atoms with Crippen molar-refractivity contribution >= 4 is 23.0 Å². The highest BCUT2D eigenvalue weighted by Gasteiger charge is 2.20. The van der Waals surface area contributed by atoms with Crippen molar-refractivity contribution in [2.24, 2.45) is 0 Å². The molecule has 3 rings (SSSR count). The first-order chi connectivity index (χ1) is 14.0. The maximum Gasteiger partial charge on any atom is 0.293 e. The van der Waals surface area contributed by atoms with Crippen molar-refractivity contribution < 1.29 is 9.72 Å². The minimum Gasteiger partial charge on any atom is -0.371 e. The number of aromatic nitrogens is 1. The summed E-state index contributed by atoms with van der Waals surface area (Å²) in [5, 5.41) is 26.2. The second-order valence-electron chi connectivity index (χ2n) is 6.26. The van der Waals surface area contributed by atoms with E-state index in [1.54, 1.807) is 30.5 Å². The first-order valence-electron chi connectivity index (χ1n) is 8.75. The molecule has 0 radical (unpaired) electrons. The highest BCUT2D eigenvalue weighted by atomic mass is 16.6. The van der Waals surface area contributed by atoms with Crippen LogP contribution in [0.2, 0.25) is 0 Å². The largest absolute Gasteiger partial charge is 0.371 e. The van der Waals surface area contributed by atoms with Gasteiger partial charge in [-0.05, 0) is 49.4 Å². The van der Waals surface area contributed by atoms with Gasteiger partial charge in [-0.15, -0.1) is 0 Å². The molecule has 144 valence electrons. The zero-order valence-electron chi connectivity index (χ0n) is 15.5. The van der Waals surface area contributed by atoms with Crippen molar-refractivity contribution in [1.29, 1.82) is 5.26 Å². The van der Waals surface area contributed by atoms with Crippen molar-refractivity contribution in [2.75, 3.05) is 10.6 Å². The van der Waals surface area contributed by atoms with Gasteiger partial charge < -0.3 is 10.6 Å². The summed E-state index contributed by atoms with van der Waals surface area (Å²) in [6, 6.07) is 17.8. The Balaban J connectivity index is 1.82. The van der Waals surface area contributed by atoms with Crippen molar-refractivity contribution in [1.82, 2.24) is 4.98 Å². The van der Waals surface area contributed by atoms with Crippen LogP contribution in [-0.2, 0) is 0 Å². The van der Waals surface area contributed by atoms with Crippen LogP contribution in [0.25, 0.3) is 0 Å². The number of benzene rings is 2. The van der Waals surface area contributed by atoms with E-state index >= 15 is 0 Å². The standard InChI is InChI=1S/C21H17N5O3/c1-14(18-7-2-3-10-23-18)24-19-9-8-16(12-20(19)26(28)29)21(27)25-17-6-4-5-15(11-17)13-22/h2-12,14,24H,1H3,(H,25,27). The van der Waals surface area contributed by atoms with E-state index in [9.17, 15) is 14.9 Å². The van der Waals surface area contributed by atoms with E-state index in [0.717, 1.165) is 5.69 Å². The average molecular weight is 387 g/mol. The third kappa shape index (κ3) is 4.73. The summed E-state index contributed by atoms with van der Waals surface area (Å²) in [6.07, 6.45) is 1.65. The number of nitriles is 1. The third-order valence-corrected chi connectivity index (χ3v) is 4.21. The van der Waals surface area contributed by atoms with Crippen molar-refractivity contribution in [2.45, 2.75) is 13.0 Å². The summed E-state index contributed by atoms with van der Waals surface area (Å²) in [6.45, 7) is 1.84. The summed E-state index contributed by atoms with van der Waals surface area (Å²) < 4.78 is 0. The Labute approximate surface area is 167 Å². The zero-order chi connectivity index (χ0) is 20.8. The molecule has 0 saturated carbocycles. The topological polar surface area (TPSA) is 121 Å². The van der Waals surface area contributed by atoms with Crippen molar-refractivity contribution in [3.8, 4) is 6.07 Å². The van der Waals surface area contributed by atoms with E-state index in [1.165, 1.54) is 24.3 Å². The molecule has 2 N–H and O–H groups in total. The van der Waals surface area contributed by atoms with Crippen molar-refractivity contribution in [3.63, 3.8) is 0 Å². The maximum atomic E-state index is 12.5. The molecule has 2 aromatic carbocycles. The molecule has 0 saturated heterocycles. The number of nitro benzene ring substituents is 1. The summed E-state index contributed by atoms with van der Waals surface area (Å²) >= 11 is 0. The molecule has 1 heterocycles. The summed E-state index contributed by atoms with van der Waals surface area (Å²) in [5.74, 6) is -0.507. The lowest BCUT2D eigenvalue weighted by Crippen LogP contribution is -2.14. The predicted octanol–water partition coefficient (Wildman–Crippen LogP) is 4.29. The molecule has 0 aliphatic rings. The number of anilines is 2. The SMILES string of the molecule is CC(Nc1ccc(C(=O)Nc2cccc(C#N)c2)cc1[N+](=O)[O-])c1ccccn1. The number of nitrogens with zero attached hydrogens (tertiary/aromatic N) is 3. The third-order valence-electron chi connectivity index (χ3n) is 4.21. The molecular formula is C21H17N5O3. The van der Waals surface area contributed by atoms with Gasteiger partial charge in [-0.1, -0.05) is 12.1 Å². The minimum atomic E-state index is -0.541. The number of pyridine rings is 1. The number of hydrogen-bond acceptors (Lipinski definition) is 6. The first kappa shape index (κ1) is 19.5. The monoisotopic (exact) mass is 387 g/mol. The normalized spacial score (nSPS) is 11.2. The molecule has 1 unspecified atom stereocenters. The molecule has 8 nitrogen and oxygen atoms in total. The first-order valence-corrected chi connectivity index (χ1v) is 8.75. The summed E-state index contributed by atoms with van der Waals surface area (Å²) in [7, 11) is 0. The average Bonchev–Trinajstić information content (AvgIpc) is 2.74. The molecule has 29 heavy (non-hydrogen) atoms. The smallest absolute Gasteiger partial charge is 0.293 e. The summed E-state index contributed by atoms with van der Waals surface area (Å²) in [5.41, 5.74) is 1.78. The minimum absolute atomic E-state index is 0.134. The highest BCUT2D eigenvalue weighted by Crippen LogP contribution is 2.29. The van der Waals surface area contributed by atoms with Crippen molar-refractivity contribution in [3.05, 3.63) is 93.8 Å². The van der Waals surface area contributed by atoms with Gasteiger partial charge in [-0.3, -0.25) is 19.9 Å². The van der Waals surface area contributed by atoms with Crippen LogP contribution in [0.5, 0.6) is 0 Å². The lowest BCUT2D eigenvalue weighted by Gasteiger charge is -2.15. The van der Waals surface area contributed by atoms with Gasteiger partial charge in [-0.2, -0.15) is 5.26 Å². The van der Waals surface area contributed by atoms with E-state index < -0.39 is 10.8 Å². The Morgan fingerprint density at radius 3 is 2.69 bits per heavy atom. The van der Waals surface area contributed by atoms with Crippen LogP contribution in [0.4, 0.5) is 17.1 Å². The number of amides is 1. The fourth-order valence-corrected chi connectivity index (χ4v) is 2.76. The molecular weight excluding hydrogens is 370 g/mol. The number of rotatable bonds is 6. The zero-order valence-corrected chi connectivity index (χ0v) is 15.5. The van der Waals surface area contributed by atoms with Gasteiger partial charge in [0, 0.05) is 23.5 Å². The highest BCUT2D eigenvalue weighted by molar-refractivity contribution is 6.05. The molecule has 8 heteroatoms. The van der Waals surface area contributed by atoms with Gasteiger partial charge in [0.25, 0.3) is 11.6 Å². The maximum absolute atomic E-state index is 12.5. The molecule has 0 bridgehead atoms. The van der Waals surface area contributed by atoms with E-state index in [0.29, 0.717) is 11.3 Å². The van der Waals surface area contributed by atoms with Gasteiger partial charge in [0.05, 0.1) is 28.3 Å². The van der Waals surface area contributed by atoms with Gasteiger partial charge in [0.1, 0.15) is 5.69 Å². The van der Waals surface area contributed by atoms with Crippen LogP contribution in [0.15, 0.2) is 66.9 Å². The number of nitrogens with one attached hydrogen (secondary N) is 2. The molecule has 0 fully saturated rings. The van der Waals surface area contributed by atoms with E-state index in [2.05, 4.69) is 15.6 Å². The second-order valence-corrected chi connectivity index (χ2v) is 6.26. The number of nitro groups is 1. The molecule has 3 aromatic rings. The number of carbonyl (C=O) groups excluding carboxylic acids is 1. The fraction of sp³-hybridized carbons (Fsp3) is 0.0952. The van der Waals surface area contributed by atoms with E-state index in [-0.39, 0.29) is 23.0 Å². The van der Waals surface area contributed by atoms with Gasteiger partial charge in [0.15, 0.2) is 0 Å². The van der Waals surface area contributed by atoms with Crippen LogP contribution >= 0.6 is 0 Å². The Morgan fingerprint density at radius 2 is 2.00 bits per heavy atom. The Kier molecular flexibility index (Phi) is 5.80. The van der Waals surface area contributed by atoms with Crippen LogP contribution in [0.1, 0.15) is 34.6 Å². The molecule has 1 aromatic heterocycles. The van der Waals surface area contributed by atoms with Gasteiger partial charge in [0.2, 0.25) is 0 Å². The molecule has 0 spiro atoms. The molecule has 1 amide bonds. The van der Waals surface area contributed by atoms with Crippen LogP contribution in [0.3, 0.4) is 0 Å². The number of carbonyl (C=O) groups is 1. The lowest BCUT2D eigenvalue weighted by atomic mass is 10.1. The van der Waals surface area contributed by atoms with Crippen LogP contribution in [-0.4, -0.2) is 15.8 Å². The molecule has 0 aliphatic heterocycles. The lowest BCUT2D eigenvalue weighted by molar-refractivity contribution is -0.384. The number of hydrogen-bond donors (Lipinski definition) is 2. The second kappa shape index (κ2) is 8.63. The summed E-state index contributed by atoms with van der Waals surface area (Å²) in [4.78, 5) is 27.7. The Bertz CT molecular complexity index is 1090. The van der Waals surface area contributed by atoms with Gasteiger partial charge >= 0.3 is 0 Å². The molecule has 0 aliphatic carbocycles. The quantitative estimate of drug-likeness (QED) is 0.481. The predicted molar refractivity (Wildman–Crippen MR) is 108 cm³/mol. The van der Waals surface area contributed by atoms with Gasteiger partial charge in [-0.25, -0.2) is 0 Å². The Hall–Kier alpha value is -4.25. The molecule has 1 atom stereocenters.